The van der Waals surface area contributed by atoms with Gasteiger partial charge in [-0.2, -0.15) is 0 Å². The molecule has 1 aromatic rings. The van der Waals surface area contributed by atoms with Crippen molar-refractivity contribution in [1.82, 2.24) is 4.98 Å². The lowest BCUT2D eigenvalue weighted by atomic mass is 10.2. The molecular weight excluding hydrogens is 230 g/mol. The molecule has 1 N–H and O–H groups in total. The maximum atomic E-state index is 10.6. The van der Waals surface area contributed by atoms with Crippen LogP contribution in [0.15, 0.2) is 12.1 Å². The average molecular weight is 242 g/mol. The van der Waals surface area contributed by atoms with Crippen LogP contribution in [0.5, 0.6) is 0 Å². The Morgan fingerprint density at radius 1 is 1.44 bits per heavy atom. The molecule has 1 saturated carbocycles. The first-order chi connectivity index (χ1) is 7.65. The van der Waals surface area contributed by atoms with Crippen LogP contribution in [0.2, 0.25) is 5.15 Å². The molecule has 6 heteroatoms. The molecule has 0 atom stereocenters. The maximum absolute atomic E-state index is 10.6. The van der Waals surface area contributed by atoms with E-state index in [1.54, 1.807) is 0 Å². The van der Waals surface area contributed by atoms with E-state index < -0.39 is 4.92 Å². The molecule has 0 unspecified atom stereocenters. The first-order valence-corrected chi connectivity index (χ1v) is 5.61. The smallest absolute Gasteiger partial charge is 0.276 e. The highest BCUT2D eigenvalue weighted by Gasteiger charge is 2.17. The van der Waals surface area contributed by atoms with Crippen molar-refractivity contribution in [1.29, 1.82) is 0 Å². The molecule has 1 aliphatic rings. The van der Waals surface area contributed by atoms with Crippen LogP contribution < -0.4 is 5.32 Å². The third-order valence-corrected chi connectivity index (χ3v) is 2.89. The van der Waals surface area contributed by atoms with Crippen LogP contribution in [0.3, 0.4) is 0 Å². The Morgan fingerprint density at radius 3 is 2.75 bits per heavy atom. The Hall–Kier alpha value is -1.36. The second-order valence-corrected chi connectivity index (χ2v) is 4.30. The van der Waals surface area contributed by atoms with E-state index in [-0.39, 0.29) is 10.8 Å². The van der Waals surface area contributed by atoms with E-state index in [1.165, 1.54) is 25.0 Å². The molecule has 16 heavy (non-hydrogen) atoms. The van der Waals surface area contributed by atoms with Crippen LogP contribution in [0.25, 0.3) is 0 Å². The number of aromatic nitrogens is 1. The number of nitrogens with zero attached hydrogens (tertiary/aromatic N) is 2. The molecule has 0 bridgehead atoms. The minimum absolute atomic E-state index is 0.0273. The fourth-order valence-corrected chi connectivity index (χ4v) is 2.14. The maximum Gasteiger partial charge on any atom is 0.276 e. The quantitative estimate of drug-likeness (QED) is 0.502. The number of pyridine rings is 1. The molecule has 0 spiro atoms. The third-order valence-electron chi connectivity index (χ3n) is 2.70. The van der Waals surface area contributed by atoms with Crippen molar-refractivity contribution >= 4 is 23.1 Å². The number of rotatable bonds is 3. The summed E-state index contributed by atoms with van der Waals surface area (Å²) in [6, 6.07) is 3.04. The Bertz CT molecular complexity index is 405. The lowest BCUT2D eigenvalue weighted by molar-refractivity contribution is -0.384. The van der Waals surface area contributed by atoms with E-state index >= 15 is 0 Å². The largest absolute Gasteiger partial charge is 0.367 e. The molecule has 0 saturated heterocycles. The zero-order valence-electron chi connectivity index (χ0n) is 8.65. The van der Waals surface area contributed by atoms with Crippen LogP contribution in [0.4, 0.5) is 11.5 Å². The van der Waals surface area contributed by atoms with Gasteiger partial charge in [0.1, 0.15) is 11.0 Å². The minimum atomic E-state index is -0.465. The Balaban J connectivity index is 2.16. The minimum Gasteiger partial charge on any atom is -0.367 e. The Kier molecular flexibility index (Phi) is 3.24. The molecule has 2 rings (SSSR count). The van der Waals surface area contributed by atoms with Crippen LogP contribution in [-0.4, -0.2) is 15.9 Å². The van der Waals surface area contributed by atoms with Crippen molar-refractivity contribution in [3.63, 3.8) is 0 Å². The zero-order chi connectivity index (χ0) is 11.5. The third kappa shape index (κ3) is 2.61. The van der Waals surface area contributed by atoms with Crippen LogP contribution >= 0.6 is 11.6 Å². The summed E-state index contributed by atoms with van der Waals surface area (Å²) >= 11 is 5.72. The van der Waals surface area contributed by atoms with Crippen molar-refractivity contribution in [3.05, 3.63) is 27.4 Å². The summed E-state index contributed by atoms with van der Waals surface area (Å²) in [7, 11) is 0. The first-order valence-electron chi connectivity index (χ1n) is 5.23. The predicted molar refractivity (Wildman–Crippen MR) is 61.8 cm³/mol. The SMILES string of the molecule is O=[N+]([O-])c1cc(Cl)nc(NC2CCCC2)c1. The highest BCUT2D eigenvalue weighted by molar-refractivity contribution is 6.29. The summed E-state index contributed by atoms with van der Waals surface area (Å²) in [5.74, 6) is 0.492. The summed E-state index contributed by atoms with van der Waals surface area (Å²) in [6.07, 6.45) is 4.56. The van der Waals surface area contributed by atoms with Gasteiger partial charge in [-0.25, -0.2) is 4.98 Å². The molecule has 1 fully saturated rings. The number of anilines is 1. The van der Waals surface area contributed by atoms with E-state index in [4.69, 9.17) is 11.6 Å². The van der Waals surface area contributed by atoms with Crippen LogP contribution in [0.1, 0.15) is 25.7 Å². The Labute approximate surface area is 98.0 Å². The lowest BCUT2D eigenvalue weighted by Crippen LogP contribution is -2.15. The van der Waals surface area contributed by atoms with E-state index in [0.717, 1.165) is 12.8 Å². The standard InChI is InChI=1S/C10H12ClN3O2/c11-9-5-8(14(15)16)6-10(13-9)12-7-3-1-2-4-7/h5-7H,1-4H2,(H,12,13). The fourth-order valence-electron chi connectivity index (χ4n) is 1.94. The van der Waals surface area contributed by atoms with Gasteiger partial charge in [-0.15, -0.1) is 0 Å². The average Bonchev–Trinajstić information content (AvgIpc) is 2.69. The molecule has 0 amide bonds. The molecule has 0 aromatic carbocycles. The van der Waals surface area contributed by atoms with Crippen molar-refractivity contribution < 1.29 is 4.92 Å². The predicted octanol–water partition coefficient (Wildman–Crippen LogP) is 3.00. The van der Waals surface area contributed by atoms with Gasteiger partial charge in [-0.1, -0.05) is 24.4 Å². The van der Waals surface area contributed by atoms with Gasteiger partial charge in [0.05, 0.1) is 17.1 Å². The monoisotopic (exact) mass is 241 g/mol. The van der Waals surface area contributed by atoms with E-state index in [0.29, 0.717) is 11.9 Å². The topological polar surface area (TPSA) is 68.1 Å². The molecular formula is C10H12ClN3O2. The van der Waals surface area contributed by atoms with E-state index in [2.05, 4.69) is 10.3 Å². The second-order valence-electron chi connectivity index (χ2n) is 3.92. The van der Waals surface area contributed by atoms with Crippen molar-refractivity contribution in [2.45, 2.75) is 31.7 Å². The second kappa shape index (κ2) is 4.65. The van der Waals surface area contributed by atoms with Gasteiger partial charge in [-0.05, 0) is 12.8 Å². The summed E-state index contributed by atoms with van der Waals surface area (Å²) in [5, 5.41) is 14.0. The lowest BCUT2D eigenvalue weighted by Gasteiger charge is -2.12. The Morgan fingerprint density at radius 2 is 2.12 bits per heavy atom. The highest BCUT2D eigenvalue weighted by Crippen LogP contribution is 2.25. The van der Waals surface area contributed by atoms with Gasteiger partial charge >= 0.3 is 0 Å². The van der Waals surface area contributed by atoms with E-state index in [9.17, 15) is 10.1 Å². The number of hydrogen-bond donors (Lipinski definition) is 1. The van der Waals surface area contributed by atoms with Gasteiger partial charge in [-0.3, -0.25) is 10.1 Å². The van der Waals surface area contributed by atoms with Gasteiger partial charge in [0.2, 0.25) is 0 Å². The van der Waals surface area contributed by atoms with Gasteiger partial charge in [0.15, 0.2) is 0 Å². The van der Waals surface area contributed by atoms with Gasteiger partial charge in [0, 0.05) is 6.04 Å². The molecule has 1 heterocycles. The highest BCUT2D eigenvalue weighted by atomic mass is 35.5. The van der Waals surface area contributed by atoms with Gasteiger partial charge in [0.25, 0.3) is 5.69 Å². The summed E-state index contributed by atoms with van der Waals surface area (Å²) in [5.41, 5.74) is -0.0273. The van der Waals surface area contributed by atoms with Crippen molar-refractivity contribution in [2.75, 3.05) is 5.32 Å². The normalized spacial score (nSPS) is 16.3. The summed E-state index contributed by atoms with van der Waals surface area (Å²) in [4.78, 5) is 14.2. The number of nitro groups is 1. The van der Waals surface area contributed by atoms with E-state index in [1.807, 2.05) is 0 Å². The van der Waals surface area contributed by atoms with Crippen LogP contribution in [0, 0.1) is 10.1 Å². The molecule has 0 aliphatic heterocycles. The molecule has 1 aromatic heterocycles. The summed E-state index contributed by atoms with van der Waals surface area (Å²) < 4.78 is 0. The van der Waals surface area contributed by atoms with Crippen LogP contribution in [-0.2, 0) is 0 Å². The first kappa shape index (κ1) is 11.1. The number of hydrogen-bond acceptors (Lipinski definition) is 4. The number of nitrogens with one attached hydrogen (secondary N) is 1. The summed E-state index contributed by atoms with van der Waals surface area (Å²) in [6.45, 7) is 0. The molecule has 5 nitrogen and oxygen atoms in total. The zero-order valence-corrected chi connectivity index (χ0v) is 9.41. The molecule has 86 valence electrons. The van der Waals surface area contributed by atoms with Gasteiger partial charge < -0.3 is 5.32 Å². The van der Waals surface area contributed by atoms with Crippen molar-refractivity contribution in [3.8, 4) is 0 Å². The fraction of sp³-hybridized carbons (Fsp3) is 0.500. The molecule has 0 radical (unpaired) electrons. The number of halogens is 1. The molecule has 1 aliphatic carbocycles. The van der Waals surface area contributed by atoms with Crippen molar-refractivity contribution in [2.24, 2.45) is 0 Å².